The first-order valence-corrected chi connectivity index (χ1v) is 13.4. The Morgan fingerprint density at radius 1 is 1.28 bits per heavy atom. The van der Waals surface area contributed by atoms with Crippen molar-refractivity contribution in [1.82, 2.24) is 3.97 Å². The molecule has 0 spiro atoms. The maximum absolute atomic E-state index is 12.9. The van der Waals surface area contributed by atoms with Gasteiger partial charge in [0.2, 0.25) is 0 Å². The number of rotatable bonds is 9. The minimum absolute atomic E-state index is 0.152. The molecule has 0 radical (unpaired) electrons. The van der Waals surface area contributed by atoms with E-state index in [9.17, 15) is 17.7 Å². The van der Waals surface area contributed by atoms with Crippen LogP contribution in [0.4, 0.5) is 0 Å². The minimum Gasteiger partial charge on any atom is -0.383 e. The van der Waals surface area contributed by atoms with E-state index in [-0.39, 0.29) is 11.3 Å². The predicted molar refractivity (Wildman–Crippen MR) is 114 cm³/mol. The fourth-order valence-corrected chi connectivity index (χ4v) is 7.16. The van der Waals surface area contributed by atoms with Crippen LogP contribution in [0.1, 0.15) is 18.4 Å². The summed E-state index contributed by atoms with van der Waals surface area (Å²) in [4.78, 5) is 0.152. The van der Waals surface area contributed by atoms with E-state index in [1.807, 2.05) is 0 Å². The van der Waals surface area contributed by atoms with E-state index >= 15 is 0 Å². The van der Waals surface area contributed by atoms with Gasteiger partial charge in [0.15, 0.2) is 6.29 Å². The summed E-state index contributed by atoms with van der Waals surface area (Å²) >= 11 is 1.28. The van der Waals surface area contributed by atoms with E-state index in [1.54, 1.807) is 30.5 Å². The van der Waals surface area contributed by atoms with Gasteiger partial charge in [0.1, 0.15) is 10.2 Å². The van der Waals surface area contributed by atoms with Crippen LogP contribution >= 0.6 is 11.8 Å². The molecule has 7 nitrogen and oxygen atoms in total. The molecule has 2 aromatic rings. The number of hydrogen-bond acceptors (Lipinski definition) is 7. The van der Waals surface area contributed by atoms with Crippen molar-refractivity contribution in [3.05, 3.63) is 54.4 Å². The third-order valence-corrected chi connectivity index (χ3v) is 9.69. The van der Waals surface area contributed by atoms with Crippen LogP contribution in [-0.4, -0.2) is 58.3 Å². The van der Waals surface area contributed by atoms with Crippen molar-refractivity contribution in [3.63, 3.8) is 0 Å². The molecule has 29 heavy (non-hydrogen) atoms. The summed E-state index contributed by atoms with van der Waals surface area (Å²) in [5.41, 5.74) is -1.12. The zero-order valence-electron chi connectivity index (χ0n) is 16.3. The van der Waals surface area contributed by atoms with E-state index in [4.69, 9.17) is 9.47 Å². The van der Waals surface area contributed by atoms with Crippen LogP contribution in [0.5, 0.6) is 0 Å². The summed E-state index contributed by atoms with van der Waals surface area (Å²) in [6.45, 7) is 1.00. The predicted octanol–water partition coefficient (Wildman–Crippen LogP) is 2.13. The molecule has 1 N–H and O–H groups in total. The van der Waals surface area contributed by atoms with Gasteiger partial charge >= 0.3 is 0 Å². The second-order valence-electron chi connectivity index (χ2n) is 6.75. The zero-order chi connectivity index (χ0) is 21.1. The Hall–Kier alpha value is -1.17. The summed E-state index contributed by atoms with van der Waals surface area (Å²) in [7, 11) is -5.14. The molecule has 2 heterocycles. The second-order valence-corrected chi connectivity index (χ2v) is 11.3. The first kappa shape index (κ1) is 22.5. The van der Waals surface area contributed by atoms with Crippen molar-refractivity contribution in [2.75, 3.05) is 25.7 Å². The lowest BCUT2D eigenvalue weighted by Gasteiger charge is -2.34. The first-order valence-electron chi connectivity index (χ1n) is 9.09. The molecule has 1 saturated heterocycles. The molecular formula is C19H25NO6S3. The van der Waals surface area contributed by atoms with E-state index in [0.717, 1.165) is 3.97 Å². The molecule has 1 aromatic carbocycles. The smallest absolute Gasteiger partial charge is 0.267 e. The molecule has 0 saturated carbocycles. The fraction of sp³-hybridized carbons (Fsp3) is 0.474. The van der Waals surface area contributed by atoms with Crippen LogP contribution in [0.15, 0.2) is 53.7 Å². The highest BCUT2D eigenvalue weighted by Gasteiger charge is 2.42. The molecule has 1 fully saturated rings. The lowest BCUT2D eigenvalue weighted by Crippen LogP contribution is -2.40. The quantitative estimate of drug-likeness (QED) is 0.614. The average Bonchev–Trinajstić information content (AvgIpc) is 3.40. The Kier molecular flexibility index (Phi) is 7.23. The zero-order valence-corrected chi connectivity index (χ0v) is 18.7. The molecule has 1 aliphatic heterocycles. The second kappa shape index (κ2) is 9.32. The first-order chi connectivity index (χ1) is 13.8. The highest BCUT2D eigenvalue weighted by atomic mass is 32.2. The van der Waals surface area contributed by atoms with Crippen LogP contribution in [-0.2, 0) is 35.9 Å². The third-order valence-electron chi connectivity index (χ3n) is 4.84. The molecule has 10 heteroatoms. The lowest BCUT2D eigenvalue weighted by molar-refractivity contribution is -0.0660. The molecule has 0 aliphatic carbocycles. The van der Waals surface area contributed by atoms with Crippen molar-refractivity contribution in [2.45, 2.75) is 34.2 Å². The Morgan fingerprint density at radius 3 is 2.52 bits per heavy atom. The van der Waals surface area contributed by atoms with Gasteiger partial charge in [-0.2, -0.15) is 0 Å². The van der Waals surface area contributed by atoms with Crippen LogP contribution in [0.25, 0.3) is 0 Å². The average molecular weight is 460 g/mol. The Morgan fingerprint density at radius 2 is 1.93 bits per heavy atom. The molecule has 3 unspecified atom stereocenters. The molecular weight excluding hydrogens is 434 g/mol. The van der Waals surface area contributed by atoms with E-state index in [1.165, 1.54) is 42.5 Å². The molecule has 160 valence electrons. The van der Waals surface area contributed by atoms with Gasteiger partial charge in [0, 0.05) is 41.4 Å². The third kappa shape index (κ3) is 4.78. The number of aliphatic hydroxyl groups is 1. The van der Waals surface area contributed by atoms with Crippen LogP contribution < -0.4 is 0 Å². The van der Waals surface area contributed by atoms with E-state index in [2.05, 4.69) is 0 Å². The Balaban J connectivity index is 1.95. The highest BCUT2D eigenvalue weighted by Crippen LogP contribution is 2.39. The molecule has 0 bridgehead atoms. The maximum Gasteiger partial charge on any atom is 0.267 e. The maximum atomic E-state index is 12.9. The van der Waals surface area contributed by atoms with E-state index < -0.39 is 37.3 Å². The number of benzene rings is 1. The van der Waals surface area contributed by atoms with Gasteiger partial charge < -0.3 is 14.6 Å². The highest BCUT2D eigenvalue weighted by molar-refractivity contribution is 8.10. The van der Waals surface area contributed by atoms with Crippen LogP contribution in [0.3, 0.4) is 0 Å². The van der Waals surface area contributed by atoms with Gasteiger partial charge in [0.05, 0.1) is 18.1 Å². The fourth-order valence-electron chi connectivity index (χ4n) is 3.41. The topological polar surface area (TPSA) is 94.8 Å². The van der Waals surface area contributed by atoms with Gasteiger partial charge in [-0.1, -0.05) is 18.2 Å². The van der Waals surface area contributed by atoms with Crippen LogP contribution in [0, 0.1) is 0 Å². The summed E-state index contributed by atoms with van der Waals surface area (Å²) in [5.74, 6) is 0. The largest absolute Gasteiger partial charge is 0.383 e. The van der Waals surface area contributed by atoms with Gasteiger partial charge in [-0.3, -0.25) is 4.21 Å². The van der Waals surface area contributed by atoms with Crippen LogP contribution in [0.2, 0.25) is 0 Å². The Labute approximate surface area is 177 Å². The molecule has 1 aliphatic rings. The summed E-state index contributed by atoms with van der Waals surface area (Å²) in [5, 5.41) is 11.6. The number of hydrogen-bond donors (Lipinski definition) is 1. The van der Waals surface area contributed by atoms with Gasteiger partial charge in [-0.25, -0.2) is 12.4 Å². The van der Waals surface area contributed by atoms with Crippen molar-refractivity contribution in [3.8, 4) is 0 Å². The summed E-state index contributed by atoms with van der Waals surface area (Å²) in [6.07, 6.45) is 6.31. The lowest BCUT2D eigenvalue weighted by atomic mass is 9.92. The summed E-state index contributed by atoms with van der Waals surface area (Å²) in [6, 6.07) is 9.64. The standard InChI is InChI=1S/C19H25NO6S3/c1-27-18(28(2)22)19(21,10-8-17-25-12-13-26-17)15-9-11-20(14-15)29(23,24)16-6-4-3-5-7-16/h3-7,9,11,14,17-18,21H,8,10,12-13H2,1-2H3. The Bertz CT molecular complexity index is 940. The number of ether oxygens (including phenoxy) is 2. The molecule has 3 atom stereocenters. The normalized spacial score (nSPS) is 19.7. The van der Waals surface area contributed by atoms with E-state index in [0.29, 0.717) is 25.2 Å². The number of nitrogens with zero attached hydrogens (tertiary/aromatic N) is 1. The van der Waals surface area contributed by atoms with Crippen molar-refractivity contribution in [1.29, 1.82) is 0 Å². The molecule has 0 amide bonds. The molecule has 1 aromatic heterocycles. The number of thioether (sulfide) groups is 1. The number of aromatic nitrogens is 1. The SMILES string of the molecule is CSC(S(C)=O)C(O)(CCC1OCCO1)c1ccn(S(=O)(=O)c2ccccc2)c1. The van der Waals surface area contributed by atoms with Crippen molar-refractivity contribution in [2.24, 2.45) is 0 Å². The van der Waals surface area contributed by atoms with Gasteiger partial charge in [0.25, 0.3) is 10.0 Å². The van der Waals surface area contributed by atoms with Crippen molar-refractivity contribution >= 4 is 32.6 Å². The summed E-state index contributed by atoms with van der Waals surface area (Å²) < 4.78 is 49.5. The van der Waals surface area contributed by atoms with Gasteiger partial charge in [-0.05, 0) is 30.9 Å². The van der Waals surface area contributed by atoms with Gasteiger partial charge in [-0.15, -0.1) is 11.8 Å². The minimum atomic E-state index is -3.79. The van der Waals surface area contributed by atoms with Crippen molar-refractivity contribution < 1.29 is 27.2 Å². The molecule has 3 rings (SSSR count). The monoisotopic (exact) mass is 459 g/mol.